The Labute approximate surface area is 199 Å². The first-order valence-electron chi connectivity index (χ1n) is 11.3. The molecule has 4 N–H and O–H groups in total. The van der Waals surface area contributed by atoms with Crippen molar-refractivity contribution in [2.24, 2.45) is 16.1 Å². The summed E-state index contributed by atoms with van der Waals surface area (Å²) >= 11 is 0. The summed E-state index contributed by atoms with van der Waals surface area (Å²) in [5.74, 6) is -1.66. The molecule has 0 bridgehead atoms. The fourth-order valence-electron chi connectivity index (χ4n) is 3.96. The largest absolute Gasteiger partial charge is 0.370 e. The maximum absolute atomic E-state index is 13.4. The molecular weight excluding hydrogens is 435 g/mol. The Morgan fingerprint density at radius 1 is 1.12 bits per heavy atom. The summed E-state index contributed by atoms with van der Waals surface area (Å²) in [5.41, 5.74) is 7.48. The van der Waals surface area contributed by atoms with Crippen molar-refractivity contribution in [2.75, 3.05) is 6.54 Å². The average molecular weight is 467 g/mol. The van der Waals surface area contributed by atoms with E-state index >= 15 is 0 Å². The van der Waals surface area contributed by atoms with Crippen molar-refractivity contribution in [3.8, 4) is 0 Å². The van der Waals surface area contributed by atoms with Crippen LogP contribution in [0.5, 0.6) is 0 Å². The molecule has 2 unspecified atom stereocenters. The molecule has 8 heteroatoms. The van der Waals surface area contributed by atoms with E-state index < -0.39 is 29.2 Å². The van der Waals surface area contributed by atoms with Gasteiger partial charge in [0.15, 0.2) is 0 Å². The zero-order valence-electron chi connectivity index (χ0n) is 19.7. The number of benzene rings is 2. The van der Waals surface area contributed by atoms with Crippen LogP contribution >= 0.6 is 0 Å². The molecule has 0 fully saturated rings. The topological polar surface area (TPSA) is 114 Å². The summed E-state index contributed by atoms with van der Waals surface area (Å²) in [5, 5.41) is 5.52. The second-order valence-corrected chi connectivity index (χ2v) is 9.60. The van der Waals surface area contributed by atoms with Crippen LogP contribution in [0.1, 0.15) is 43.9 Å². The maximum Gasteiger partial charge on any atom is 0.270 e. The lowest BCUT2D eigenvalue weighted by Crippen LogP contribution is -2.55. The number of carbonyl (C=O) groups is 3. The van der Waals surface area contributed by atoms with Crippen LogP contribution in [-0.2, 0) is 27.2 Å². The summed E-state index contributed by atoms with van der Waals surface area (Å²) in [6.45, 7) is 5.64. The highest BCUT2D eigenvalue weighted by Crippen LogP contribution is 2.24. The smallest absolute Gasteiger partial charge is 0.270 e. The SMILES string of the molecule is CC(C)(C)C(NC(=O)C1=NC(Cc2ccc(F)cc2)Cc2ccccc21)C(=O)NCCC(N)=O. The van der Waals surface area contributed by atoms with Gasteiger partial charge in [0, 0.05) is 18.5 Å². The molecule has 0 radical (unpaired) electrons. The van der Waals surface area contributed by atoms with E-state index in [2.05, 4.69) is 10.6 Å². The van der Waals surface area contributed by atoms with Crippen LogP contribution in [-0.4, -0.2) is 42.1 Å². The van der Waals surface area contributed by atoms with Crippen molar-refractivity contribution in [1.29, 1.82) is 0 Å². The van der Waals surface area contributed by atoms with Crippen LogP contribution in [0.2, 0.25) is 0 Å². The number of primary amides is 1. The number of nitrogens with one attached hydrogen (secondary N) is 2. The van der Waals surface area contributed by atoms with Gasteiger partial charge >= 0.3 is 0 Å². The summed E-state index contributed by atoms with van der Waals surface area (Å²) in [7, 11) is 0. The van der Waals surface area contributed by atoms with Gasteiger partial charge < -0.3 is 16.4 Å². The number of fused-ring (bicyclic) bond motifs is 1. The van der Waals surface area contributed by atoms with Crippen LogP contribution in [0.25, 0.3) is 0 Å². The van der Waals surface area contributed by atoms with Gasteiger partial charge in [-0.15, -0.1) is 0 Å². The zero-order valence-corrected chi connectivity index (χ0v) is 19.7. The highest BCUT2D eigenvalue weighted by Gasteiger charge is 2.35. The van der Waals surface area contributed by atoms with E-state index in [-0.39, 0.29) is 30.5 Å². The lowest BCUT2D eigenvalue weighted by molar-refractivity contribution is -0.129. The van der Waals surface area contributed by atoms with Crippen LogP contribution in [0.3, 0.4) is 0 Å². The molecule has 0 aromatic heterocycles. The van der Waals surface area contributed by atoms with E-state index in [1.807, 2.05) is 45.0 Å². The highest BCUT2D eigenvalue weighted by molar-refractivity contribution is 6.46. The molecule has 2 aromatic rings. The second kappa shape index (κ2) is 10.6. The van der Waals surface area contributed by atoms with Gasteiger partial charge in [0.2, 0.25) is 11.8 Å². The Bertz CT molecular complexity index is 1090. The molecule has 34 heavy (non-hydrogen) atoms. The van der Waals surface area contributed by atoms with Gasteiger partial charge in [0.25, 0.3) is 5.91 Å². The molecule has 2 atom stereocenters. The Kier molecular flexibility index (Phi) is 7.81. The summed E-state index contributed by atoms with van der Waals surface area (Å²) in [6.07, 6.45) is 1.23. The predicted molar refractivity (Wildman–Crippen MR) is 129 cm³/mol. The number of amides is 3. The molecule has 3 rings (SSSR count). The molecule has 1 aliphatic heterocycles. The van der Waals surface area contributed by atoms with Gasteiger partial charge in [-0.1, -0.05) is 57.2 Å². The first-order valence-corrected chi connectivity index (χ1v) is 11.3. The van der Waals surface area contributed by atoms with Gasteiger partial charge in [0.1, 0.15) is 17.6 Å². The quantitative estimate of drug-likeness (QED) is 0.555. The number of rotatable bonds is 8. The van der Waals surface area contributed by atoms with Crippen molar-refractivity contribution in [3.05, 3.63) is 71.0 Å². The zero-order chi connectivity index (χ0) is 24.9. The minimum Gasteiger partial charge on any atom is -0.370 e. The monoisotopic (exact) mass is 466 g/mol. The lowest BCUT2D eigenvalue weighted by Gasteiger charge is -2.31. The standard InChI is InChI=1S/C26H31FN4O3/c1-26(2,3)23(25(34)29-13-12-21(28)32)31-24(33)22-20-7-5-4-6-17(20)15-19(30-22)14-16-8-10-18(27)11-9-16/h4-11,19,23H,12-15H2,1-3H3,(H2,28,32)(H,29,34)(H,31,33). The molecule has 1 heterocycles. The fourth-order valence-corrected chi connectivity index (χ4v) is 3.96. The second-order valence-electron chi connectivity index (χ2n) is 9.60. The van der Waals surface area contributed by atoms with Crippen LogP contribution in [0.15, 0.2) is 53.5 Å². The number of nitrogens with zero attached hydrogens (tertiary/aromatic N) is 1. The average Bonchev–Trinajstić information content (AvgIpc) is 2.77. The predicted octanol–water partition coefficient (Wildman–Crippen LogP) is 2.30. The maximum atomic E-state index is 13.4. The van der Waals surface area contributed by atoms with Crippen molar-refractivity contribution >= 4 is 23.4 Å². The number of hydrogen-bond acceptors (Lipinski definition) is 4. The molecule has 3 amide bonds. The highest BCUT2D eigenvalue weighted by atomic mass is 19.1. The normalized spacial score (nSPS) is 16.1. The first-order chi connectivity index (χ1) is 16.0. The Balaban J connectivity index is 1.83. The van der Waals surface area contributed by atoms with E-state index in [0.717, 1.165) is 16.7 Å². The number of hydrogen-bond donors (Lipinski definition) is 3. The number of carbonyl (C=O) groups excluding carboxylic acids is 3. The summed E-state index contributed by atoms with van der Waals surface area (Å²) < 4.78 is 13.3. The minimum atomic E-state index is -0.847. The van der Waals surface area contributed by atoms with Crippen LogP contribution in [0.4, 0.5) is 4.39 Å². The molecule has 2 aromatic carbocycles. The molecule has 1 aliphatic rings. The van der Waals surface area contributed by atoms with Gasteiger partial charge in [-0.05, 0) is 41.5 Å². The summed E-state index contributed by atoms with van der Waals surface area (Å²) in [6, 6.07) is 12.8. The van der Waals surface area contributed by atoms with Crippen LogP contribution < -0.4 is 16.4 Å². The van der Waals surface area contributed by atoms with Crippen molar-refractivity contribution < 1.29 is 18.8 Å². The Hall–Kier alpha value is -3.55. The number of nitrogens with two attached hydrogens (primary N) is 1. The van der Waals surface area contributed by atoms with Crippen LogP contribution in [0, 0.1) is 11.2 Å². The Morgan fingerprint density at radius 3 is 2.44 bits per heavy atom. The van der Waals surface area contributed by atoms with Gasteiger partial charge in [-0.2, -0.15) is 0 Å². The molecule has 0 aliphatic carbocycles. The molecule has 7 nitrogen and oxygen atoms in total. The summed E-state index contributed by atoms with van der Waals surface area (Å²) in [4.78, 5) is 42.0. The van der Waals surface area contributed by atoms with E-state index in [4.69, 9.17) is 10.7 Å². The van der Waals surface area contributed by atoms with E-state index in [9.17, 15) is 18.8 Å². The molecule has 0 saturated carbocycles. The molecule has 180 valence electrons. The third-order valence-electron chi connectivity index (χ3n) is 5.71. The third kappa shape index (κ3) is 6.50. The number of aliphatic imine (C=N–C) groups is 1. The Morgan fingerprint density at radius 2 is 1.79 bits per heavy atom. The van der Waals surface area contributed by atoms with Crippen molar-refractivity contribution in [2.45, 2.75) is 52.1 Å². The first kappa shape index (κ1) is 25.1. The van der Waals surface area contributed by atoms with Gasteiger partial charge in [0.05, 0.1) is 6.04 Å². The van der Waals surface area contributed by atoms with Gasteiger partial charge in [-0.3, -0.25) is 19.4 Å². The number of halogens is 1. The van der Waals surface area contributed by atoms with E-state index in [1.54, 1.807) is 12.1 Å². The fraction of sp³-hybridized carbons (Fsp3) is 0.385. The van der Waals surface area contributed by atoms with Gasteiger partial charge in [-0.25, -0.2) is 4.39 Å². The molecule has 0 spiro atoms. The minimum absolute atomic E-state index is 0.0156. The third-order valence-corrected chi connectivity index (χ3v) is 5.71. The van der Waals surface area contributed by atoms with E-state index in [0.29, 0.717) is 12.8 Å². The lowest BCUT2D eigenvalue weighted by atomic mass is 9.85. The molecular formula is C26H31FN4O3. The van der Waals surface area contributed by atoms with Crippen molar-refractivity contribution in [1.82, 2.24) is 10.6 Å². The molecule has 0 saturated heterocycles. The van der Waals surface area contributed by atoms with E-state index in [1.165, 1.54) is 12.1 Å². The van der Waals surface area contributed by atoms with Crippen molar-refractivity contribution in [3.63, 3.8) is 0 Å².